The Kier molecular flexibility index (Phi) is 6.02. The van der Waals surface area contributed by atoms with E-state index in [1.165, 1.54) is 12.1 Å². The molecule has 128 valence electrons. The van der Waals surface area contributed by atoms with Crippen molar-refractivity contribution in [3.63, 3.8) is 0 Å². The number of halogens is 1. The third-order valence-corrected chi connectivity index (χ3v) is 5.53. The van der Waals surface area contributed by atoms with Crippen LogP contribution in [0.4, 0.5) is 0 Å². The lowest BCUT2D eigenvalue weighted by atomic mass is 10.2. The van der Waals surface area contributed by atoms with Gasteiger partial charge in [-0.3, -0.25) is 4.79 Å². The van der Waals surface area contributed by atoms with Gasteiger partial charge in [0.25, 0.3) is 5.91 Å². The minimum Gasteiger partial charge on any atom is -0.350 e. The summed E-state index contributed by atoms with van der Waals surface area (Å²) in [5.41, 5.74) is 0.475. The summed E-state index contributed by atoms with van der Waals surface area (Å²) in [5.74, 6) is -0.173. The van der Waals surface area contributed by atoms with Crippen molar-refractivity contribution < 1.29 is 13.2 Å². The first-order valence-electron chi connectivity index (χ1n) is 7.68. The van der Waals surface area contributed by atoms with Gasteiger partial charge >= 0.3 is 0 Å². The summed E-state index contributed by atoms with van der Waals surface area (Å²) < 4.78 is 26.7. The first-order chi connectivity index (χ1) is 10.5. The van der Waals surface area contributed by atoms with Crippen LogP contribution in [0, 0.1) is 0 Å². The lowest BCUT2D eigenvalue weighted by Crippen LogP contribution is -2.37. The maximum Gasteiger partial charge on any atom is 0.251 e. The summed E-state index contributed by atoms with van der Waals surface area (Å²) in [6, 6.07) is 6.48. The van der Waals surface area contributed by atoms with E-state index in [0.717, 1.165) is 32.2 Å². The molecule has 1 atom stereocenters. The molecule has 1 aromatic carbocycles. The van der Waals surface area contributed by atoms with Crippen molar-refractivity contribution in [2.75, 3.05) is 13.1 Å². The van der Waals surface area contributed by atoms with Crippen molar-refractivity contribution in [2.45, 2.75) is 42.7 Å². The van der Waals surface area contributed by atoms with Crippen LogP contribution in [0.5, 0.6) is 0 Å². The second-order valence-electron chi connectivity index (χ2n) is 5.92. The van der Waals surface area contributed by atoms with Crippen LogP contribution in [0.25, 0.3) is 0 Å². The minimum absolute atomic E-state index is 0. The number of nitrogens with one attached hydrogen (secondary N) is 3. The van der Waals surface area contributed by atoms with Crippen LogP contribution in [0.3, 0.4) is 0 Å². The van der Waals surface area contributed by atoms with Gasteiger partial charge in [-0.15, -0.1) is 12.4 Å². The zero-order chi connectivity index (χ0) is 15.6. The summed E-state index contributed by atoms with van der Waals surface area (Å²) in [5, 5.41) is 6.19. The number of rotatable bonds is 6. The molecular formula is C15H22ClN3O3S. The molecule has 2 aliphatic rings. The summed E-state index contributed by atoms with van der Waals surface area (Å²) in [7, 11) is -3.46. The molecule has 0 radical (unpaired) electrons. The molecule has 1 heterocycles. The molecule has 1 aromatic rings. The van der Waals surface area contributed by atoms with Gasteiger partial charge in [-0.25, -0.2) is 13.1 Å². The molecule has 3 N–H and O–H groups in total. The quantitative estimate of drug-likeness (QED) is 0.708. The van der Waals surface area contributed by atoms with Crippen molar-refractivity contribution in [1.29, 1.82) is 0 Å². The first-order valence-corrected chi connectivity index (χ1v) is 9.17. The lowest BCUT2D eigenvalue weighted by molar-refractivity contribution is 0.0950. The average molecular weight is 360 g/mol. The normalized spacial score (nSPS) is 20.8. The van der Waals surface area contributed by atoms with Crippen molar-refractivity contribution >= 4 is 28.3 Å². The van der Waals surface area contributed by atoms with Crippen molar-refractivity contribution in [1.82, 2.24) is 15.4 Å². The fourth-order valence-electron chi connectivity index (χ4n) is 2.52. The molecule has 3 rings (SSSR count). The number of hydrogen-bond donors (Lipinski definition) is 3. The van der Waals surface area contributed by atoms with E-state index in [4.69, 9.17) is 0 Å². The van der Waals surface area contributed by atoms with E-state index in [2.05, 4.69) is 15.4 Å². The molecule has 2 fully saturated rings. The van der Waals surface area contributed by atoms with Crippen molar-refractivity contribution in [3.8, 4) is 0 Å². The van der Waals surface area contributed by atoms with E-state index < -0.39 is 10.0 Å². The largest absolute Gasteiger partial charge is 0.350 e. The van der Waals surface area contributed by atoms with Gasteiger partial charge in [-0.05, 0) is 56.5 Å². The van der Waals surface area contributed by atoms with E-state index in [9.17, 15) is 13.2 Å². The van der Waals surface area contributed by atoms with Crippen LogP contribution in [0.2, 0.25) is 0 Å². The Morgan fingerprint density at radius 1 is 1.17 bits per heavy atom. The molecule has 0 aromatic heterocycles. The molecule has 8 heteroatoms. The first kappa shape index (κ1) is 18.2. The molecule has 0 spiro atoms. The maximum atomic E-state index is 12.0. The van der Waals surface area contributed by atoms with Crippen LogP contribution >= 0.6 is 12.4 Å². The summed E-state index contributed by atoms with van der Waals surface area (Å²) in [6.45, 7) is 1.60. The Balaban J connectivity index is 0.00000192. The van der Waals surface area contributed by atoms with Gasteiger partial charge < -0.3 is 10.6 Å². The SMILES string of the molecule is Cl.O=C(NCC1CCCN1)c1ccc(S(=O)(=O)NC2CC2)cc1. The Morgan fingerprint density at radius 3 is 2.43 bits per heavy atom. The number of hydrogen-bond acceptors (Lipinski definition) is 4. The van der Waals surface area contributed by atoms with Gasteiger partial charge in [0.1, 0.15) is 0 Å². The van der Waals surface area contributed by atoms with Gasteiger partial charge in [-0.1, -0.05) is 0 Å². The molecule has 1 amide bonds. The predicted molar refractivity (Wildman–Crippen MR) is 90.4 cm³/mol. The minimum atomic E-state index is -3.46. The van der Waals surface area contributed by atoms with Gasteiger partial charge in [0.15, 0.2) is 0 Å². The highest BCUT2D eigenvalue weighted by molar-refractivity contribution is 7.89. The van der Waals surface area contributed by atoms with Gasteiger partial charge in [0.05, 0.1) is 4.90 Å². The molecule has 1 saturated heterocycles. The third-order valence-electron chi connectivity index (χ3n) is 4.00. The Bertz CT molecular complexity index is 638. The summed E-state index contributed by atoms with van der Waals surface area (Å²) in [4.78, 5) is 12.2. The highest BCUT2D eigenvalue weighted by Gasteiger charge is 2.28. The van der Waals surface area contributed by atoms with Crippen molar-refractivity contribution in [2.24, 2.45) is 0 Å². The summed E-state index contributed by atoms with van der Waals surface area (Å²) >= 11 is 0. The highest BCUT2D eigenvalue weighted by atomic mass is 35.5. The van der Waals surface area contributed by atoms with Gasteiger partial charge in [0.2, 0.25) is 10.0 Å². The smallest absolute Gasteiger partial charge is 0.251 e. The molecule has 6 nitrogen and oxygen atoms in total. The maximum absolute atomic E-state index is 12.0. The fraction of sp³-hybridized carbons (Fsp3) is 0.533. The van der Waals surface area contributed by atoms with Crippen LogP contribution in [-0.4, -0.2) is 39.5 Å². The third kappa shape index (κ3) is 4.91. The Labute approximate surface area is 142 Å². The van der Waals surface area contributed by atoms with Gasteiger partial charge in [-0.2, -0.15) is 0 Å². The monoisotopic (exact) mass is 359 g/mol. The number of sulfonamides is 1. The average Bonchev–Trinajstić information content (AvgIpc) is 3.15. The number of carbonyl (C=O) groups is 1. The predicted octanol–water partition coefficient (Wildman–Crippen LogP) is 1.03. The standard InChI is InChI=1S/C15H21N3O3S.ClH/c19-15(17-10-13-2-1-9-16-13)11-3-7-14(8-4-11)22(20,21)18-12-5-6-12;/h3-4,7-8,12-13,16,18H,1-2,5-6,9-10H2,(H,17,19);1H. The topological polar surface area (TPSA) is 87.3 Å². The zero-order valence-corrected chi connectivity index (χ0v) is 14.4. The van der Waals surface area contributed by atoms with E-state index in [1.807, 2.05) is 0 Å². The lowest BCUT2D eigenvalue weighted by Gasteiger charge is -2.12. The number of benzene rings is 1. The zero-order valence-electron chi connectivity index (χ0n) is 12.7. The van der Waals surface area contributed by atoms with Crippen LogP contribution in [0.1, 0.15) is 36.0 Å². The molecule has 0 bridgehead atoms. The highest BCUT2D eigenvalue weighted by Crippen LogP contribution is 2.22. The number of amides is 1. The Hall–Kier alpha value is -1.15. The van der Waals surface area contributed by atoms with Gasteiger partial charge in [0, 0.05) is 24.2 Å². The van der Waals surface area contributed by atoms with E-state index in [-0.39, 0.29) is 29.3 Å². The van der Waals surface area contributed by atoms with E-state index >= 15 is 0 Å². The molecule has 1 aliphatic heterocycles. The Morgan fingerprint density at radius 2 is 1.87 bits per heavy atom. The fourth-order valence-corrected chi connectivity index (χ4v) is 3.83. The molecule has 1 aliphatic carbocycles. The van der Waals surface area contributed by atoms with E-state index in [1.54, 1.807) is 12.1 Å². The van der Waals surface area contributed by atoms with Crippen LogP contribution < -0.4 is 15.4 Å². The van der Waals surface area contributed by atoms with Crippen molar-refractivity contribution in [3.05, 3.63) is 29.8 Å². The summed E-state index contributed by atoms with van der Waals surface area (Å²) in [6.07, 6.45) is 4.01. The molecular weight excluding hydrogens is 338 g/mol. The van der Waals surface area contributed by atoms with E-state index in [0.29, 0.717) is 18.2 Å². The molecule has 1 saturated carbocycles. The second kappa shape index (κ2) is 7.61. The second-order valence-corrected chi connectivity index (χ2v) is 7.64. The number of carbonyl (C=O) groups excluding carboxylic acids is 1. The molecule has 1 unspecified atom stereocenters. The van der Waals surface area contributed by atoms with Crippen LogP contribution in [-0.2, 0) is 10.0 Å². The van der Waals surface area contributed by atoms with Crippen LogP contribution in [0.15, 0.2) is 29.2 Å². The molecule has 23 heavy (non-hydrogen) atoms.